The van der Waals surface area contributed by atoms with E-state index in [1.807, 2.05) is 24.3 Å². The van der Waals surface area contributed by atoms with Gasteiger partial charge in [-0.3, -0.25) is 4.98 Å². The number of aryl methyl sites for hydroxylation is 1. The van der Waals surface area contributed by atoms with Crippen molar-refractivity contribution in [1.29, 1.82) is 0 Å². The van der Waals surface area contributed by atoms with E-state index in [1.54, 1.807) is 18.5 Å². The van der Waals surface area contributed by atoms with Crippen LogP contribution < -0.4 is 0 Å². The highest BCUT2D eigenvalue weighted by atomic mass is 16.3. The van der Waals surface area contributed by atoms with Crippen molar-refractivity contribution >= 4 is 0 Å². The zero-order valence-electron chi connectivity index (χ0n) is 8.64. The molecular weight excluding hydrogens is 186 g/mol. The molecular formula is C13H13NO. The maximum atomic E-state index is 9.76. The predicted molar refractivity (Wildman–Crippen MR) is 60.7 cm³/mol. The number of rotatable bonds is 2. The number of aromatic nitrogens is 1. The molecule has 0 amide bonds. The van der Waals surface area contributed by atoms with Crippen LogP contribution in [0, 0.1) is 0 Å². The van der Waals surface area contributed by atoms with Gasteiger partial charge in [-0.25, -0.2) is 0 Å². The van der Waals surface area contributed by atoms with Crippen LogP contribution in [0.25, 0.3) is 11.1 Å². The zero-order chi connectivity index (χ0) is 10.7. The van der Waals surface area contributed by atoms with Crippen LogP contribution in [0.2, 0.25) is 0 Å². The summed E-state index contributed by atoms with van der Waals surface area (Å²) in [6.07, 6.45) is 4.43. The van der Waals surface area contributed by atoms with Crippen molar-refractivity contribution < 1.29 is 5.11 Å². The van der Waals surface area contributed by atoms with Gasteiger partial charge in [-0.15, -0.1) is 0 Å². The van der Waals surface area contributed by atoms with E-state index in [4.69, 9.17) is 0 Å². The Labute approximate surface area is 89.2 Å². The Hall–Kier alpha value is -1.83. The minimum atomic E-state index is 0.318. The fourth-order valence-corrected chi connectivity index (χ4v) is 1.57. The van der Waals surface area contributed by atoms with Gasteiger partial charge in [-0.1, -0.05) is 13.0 Å². The second-order valence-corrected chi connectivity index (χ2v) is 3.44. The maximum Gasteiger partial charge on any atom is 0.123 e. The maximum absolute atomic E-state index is 9.76. The van der Waals surface area contributed by atoms with Crippen LogP contribution in [-0.4, -0.2) is 10.1 Å². The molecule has 2 rings (SSSR count). The van der Waals surface area contributed by atoms with Gasteiger partial charge in [0.15, 0.2) is 0 Å². The number of hydrogen-bond donors (Lipinski definition) is 1. The highest BCUT2D eigenvalue weighted by molar-refractivity contribution is 5.70. The van der Waals surface area contributed by atoms with Crippen LogP contribution in [-0.2, 0) is 6.42 Å². The average Bonchev–Trinajstić information content (AvgIpc) is 2.31. The molecule has 1 aromatic carbocycles. The van der Waals surface area contributed by atoms with Crippen molar-refractivity contribution in [2.45, 2.75) is 13.3 Å². The van der Waals surface area contributed by atoms with Gasteiger partial charge >= 0.3 is 0 Å². The van der Waals surface area contributed by atoms with E-state index in [1.165, 1.54) is 5.56 Å². The highest BCUT2D eigenvalue weighted by Gasteiger charge is 2.04. The lowest BCUT2D eigenvalue weighted by Gasteiger charge is -2.06. The van der Waals surface area contributed by atoms with E-state index in [0.29, 0.717) is 5.75 Å². The molecule has 0 aliphatic rings. The normalized spacial score (nSPS) is 10.2. The first kappa shape index (κ1) is 9.71. The summed E-state index contributed by atoms with van der Waals surface area (Å²) in [4.78, 5) is 3.96. The molecule has 0 fully saturated rings. The summed E-state index contributed by atoms with van der Waals surface area (Å²) >= 11 is 0. The minimum absolute atomic E-state index is 0.318. The van der Waals surface area contributed by atoms with Crippen LogP contribution >= 0.6 is 0 Å². The standard InChI is InChI=1S/C13H13NO/c1-2-10-3-4-13(15)12(9-10)11-5-7-14-8-6-11/h3-9,15H,2H2,1H3. The molecule has 2 nitrogen and oxygen atoms in total. The summed E-state index contributed by atoms with van der Waals surface area (Å²) in [6.45, 7) is 2.10. The second kappa shape index (κ2) is 4.13. The topological polar surface area (TPSA) is 33.1 Å². The third-order valence-corrected chi connectivity index (χ3v) is 2.46. The Balaban J connectivity index is 2.52. The Morgan fingerprint density at radius 1 is 1.13 bits per heavy atom. The number of phenolic OH excluding ortho intramolecular Hbond substituents is 1. The van der Waals surface area contributed by atoms with E-state index < -0.39 is 0 Å². The summed E-state index contributed by atoms with van der Waals surface area (Å²) in [5, 5.41) is 9.76. The molecule has 15 heavy (non-hydrogen) atoms. The van der Waals surface area contributed by atoms with Crippen LogP contribution in [0.1, 0.15) is 12.5 Å². The molecule has 0 aliphatic carbocycles. The lowest BCUT2D eigenvalue weighted by molar-refractivity contribution is 0.477. The Bertz CT molecular complexity index is 451. The smallest absolute Gasteiger partial charge is 0.123 e. The van der Waals surface area contributed by atoms with Gasteiger partial charge < -0.3 is 5.11 Å². The second-order valence-electron chi connectivity index (χ2n) is 3.44. The predicted octanol–water partition coefficient (Wildman–Crippen LogP) is 3.02. The molecule has 0 bridgehead atoms. The molecule has 2 aromatic rings. The molecule has 0 saturated carbocycles. The fourth-order valence-electron chi connectivity index (χ4n) is 1.57. The molecule has 0 unspecified atom stereocenters. The molecule has 2 heteroatoms. The van der Waals surface area contributed by atoms with E-state index in [0.717, 1.165) is 17.5 Å². The Kier molecular flexibility index (Phi) is 2.68. The van der Waals surface area contributed by atoms with Gasteiger partial charge in [-0.2, -0.15) is 0 Å². The number of nitrogens with zero attached hydrogens (tertiary/aromatic N) is 1. The molecule has 76 valence electrons. The van der Waals surface area contributed by atoms with Gasteiger partial charge in [0.25, 0.3) is 0 Å². The fraction of sp³-hybridized carbons (Fsp3) is 0.154. The Morgan fingerprint density at radius 3 is 2.53 bits per heavy atom. The van der Waals surface area contributed by atoms with Gasteiger partial charge in [-0.05, 0) is 41.8 Å². The number of pyridine rings is 1. The van der Waals surface area contributed by atoms with Gasteiger partial charge in [0.1, 0.15) is 5.75 Å². The molecule has 1 aromatic heterocycles. The van der Waals surface area contributed by atoms with Crippen molar-refractivity contribution in [3.8, 4) is 16.9 Å². The summed E-state index contributed by atoms with van der Waals surface area (Å²) in [6, 6.07) is 9.50. The van der Waals surface area contributed by atoms with Gasteiger partial charge in [0, 0.05) is 18.0 Å². The lowest BCUT2D eigenvalue weighted by Crippen LogP contribution is -1.84. The molecule has 1 N–H and O–H groups in total. The van der Waals surface area contributed by atoms with Crippen molar-refractivity contribution in [3.05, 3.63) is 48.3 Å². The first-order valence-corrected chi connectivity index (χ1v) is 5.03. The highest BCUT2D eigenvalue weighted by Crippen LogP contribution is 2.29. The van der Waals surface area contributed by atoms with Gasteiger partial charge in [0.05, 0.1) is 0 Å². The minimum Gasteiger partial charge on any atom is -0.507 e. The number of benzene rings is 1. The molecule has 0 saturated heterocycles. The van der Waals surface area contributed by atoms with E-state index in [9.17, 15) is 5.11 Å². The number of aromatic hydroxyl groups is 1. The third kappa shape index (κ3) is 1.99. The lowest BCUT2D eigenvalue weighted by atomic mass is 10.0. The molecule has 0 spiro atoms. The van der Waals surface area contributed by atoms with Crippen LogP contribution in [0.15, 0.2) is 42.7 Å². The van der Waals surface area contributed by atoms with E-state index in [2.05, 4.69) is 11.9 Å². The summed E-state index contributed by atoms with van der Waals surface area (Å²) in [7, 11) is 0. The average molecular weight is 199 g/mol. The third-order valence-electron chi connectivity index (χ3n) is 2.46. The van der Waals surface area contributed by atoms with Crippen LogP contribution in [0.4, 0.5) is 0 Å². The van der Waals surface area contributed by atoms with Crippen molar-refractivity contribution in [2.24, 2.45) is 0 Å². The largest absolute Gasteiger partial charge is 0.507 e. The molecule has 0 aliphatic heterocycles. The first-order chi connectivity index (χ1) is 7.31. The van der Waals surface area contributed by atoms with Crippen LogP contribution in [0.5, 0.6) is 5.75 Å². The molecule has 1 heterocycles. The summed E-state index contributed by atoms with van der Waals surface area (Å²) in [5.41, 5.74) is 3.09. The number of hydrogen-bond acceptors (Lipinski definition) is 2. The summed E-state index contributed by atoms with van der Waals surface area (Å²) in [5.74, 6) is 0.318. The molecule has 0 atom stereocenters. The van der Waals surface area contributed by atoms with Crippen molar-refractivity contribution in [1.82, 2.24) is 4.98 Å². The van der Waals surface area contributed by atoms with Crippen molar-refractivity contribution in [2.75, 3.05) is 0 Å². The SMILES string of the molecule is CCc1ccc(O)c(-c2ccncc2)c1. The van der Waals surface area contributed by atoms with Crippen LogP contribution in [0.3, 0.4) is 0 Å². The number of phenols is 1. The monoisotopic (exact) mass is 199 g/mol. The van der Waals surface area contributed by atoms with Crippen molar-refractivity contribution in [3.63, 3.8) is 0 Å². The van der Waals surface area contributed by atoms with E-state index in [-0.39, 0.29) is 0 Å². The zero-order valence-corrected chi connectivity index (χ0v) is 8.64. The summed E-state index contributed by atoms with van der Waals surface area (Å²) < 4.78 is 0. The van der Waals surface area contributed by atoms with Gasteiger partial charge in [0.2, 0.25) is 0 Å². The quantitative estimate of drug-likeness (QED) is 0.806. The molecule has 0 radical (unpaired) electrons. The first-order valence-electron chi connectivity index (χ1n) is 5.03. The van der Waals surface area contributed by atoms with E-state index >= 15 is 0 Å². The Morgan fingerprint density at radius 2 is 1.87 bits per heavy atom.